The van der Waals surface area contributed by atoms with Crippen LogP contribution in [0.25, 0.3) is 11.3 Å². The second kappa shape index (κ2) is 4.53. The molecule has 0 bridgehead atoms. The highest BCUT2D eigenvalue weighted by molar-refractivity contribution is 6.31. The number of hydrogen-bond donors (Lipinski definition) is 1. The first-order chi connectivity index (χ1) is 8.45. The normalized spacial score (nSPS) is 10.7. The molecule has 5 heteroatoms. The molecule has 0 aliphatic heterocycles. The average molecular weight is 266 g/mol. The van der Waals surface area contributed by atoms with Crippen LogP contribution in [-0.4, -0.2) is 16.9 Å². The molecule has 2 rings (SSSR count). The summed E-state index contributed by atoms with van der Waals surface area (Å²) in [6, 6.07) is 3.72. The minimum absolute atomic E-state index is 0.643. The van der Waals surface area contributed by atoms with E-state index in [1.54, 1.807) is 11.8 Å². The highest BCUT2D eigenvalue weighted by atomic mass is 35.5. The molecule has 96 valence electrons. The first-order valence-corrected chi connectivity index (χ1v) is 5.97. The molecule has 0 unspecified atom stereocenters. The lowest BCUT2D eigenvalue weighted by Crippen LogP contribution is -1.97. The van der Waals surface area contributed by atoms with Gasteiger partial charge in [0.1, 0.15) is 17.3 Å². The van der Waals surface area contributed by atoms with Crippen LogP contribution in [0.3, 0.4) is 0 Å². The van der Waals surface area contributed by atoms with Crippen molar-refractivity contribution < 1.29 is 4.74 Å². The number of halogens is 1. The van der Waals surface area contributed by atoms with Gasteiger partial charge in [0.15, 0.2) is 0 Å². The molecule has 0 saturated heterocycles. The maximum Gasteiger partial charge on any atom is 0.131 e. The third kappa shape index (κ3) is 1.93. The number of aromatic nitrogens is 2. The number of aryl methyl sites for hydroxylation is 2. The number of hydrogen-bond acceptors (Lipinski definition) is 3. The molecule has 0 amide bonds. The van der Waals surface area contributed by atoms with Crippen molar-refractivity contribution in [1.29, 1.82) is 0 Å². The van der Waals surface area contributed by atoms with Crippen molar-refractivity contribution in [1.82, 2.24) is 9.78 Å². The van der Waals surface area contributed by atoms with Crippen LogP contribution in [0, 0.1) is 13.8 Å². The third-order valence-electron chi connectivity index (χ3n) is 3.04. The summed E-state index contributed by atoms with van der Waals surface area (Å²) < 4.78 is 7.09. The van der Waals surface area contributed by atoms with Gasteiger partial charge in [0.2, 0.25) is 0 Å². The lowest BCUT2D eigenvalue weighted by Gasteiger charge is -2.11. The molecule has 0 spiro atoms. The molecule has 0 saturated carbocycles. The van der Waals surface area contributed by atoms with Crippen LogP contribution in [0.5, 0.6) is 5.75 Å². The Morgan fingerprint density at radius 2 is 2.00 bits per heavy atom. The number of nitrogen functional groups attached to an aromatic ring is 1. The lowest BCUT2D eigenvalue weighted by atomic mass is 10.0. The second-order valence-electron chi connectivity index (χ2n) is 4.29. The van der Waals surface area contributed by atoms with Crippen LogP contribution >= 0.6 is 11.6 Å². The molecule has 0 fully saturated rings. The maximum atomic E-state index is 6.11. The predicted octanol–water partition coefficient (Wildman–Crippen LogP) is 2.95. The van der Waals surface area contributed by atoms with Crippen molar-refractivity contribution in [3.8, 4) is 17.0 Å². The molecule has 0 aliphatic carbocycles. The Morgan fingerprint density at radius 3 is 2.50 bits per heavy atom. The van der Waals surface area contributed by atoms with E-state index < -0.39 is 0 Å². The van der Waals surface area contributed by atoms with Crippen LogP contribution in [0.2, 0.25) is 5.02 Å². The summed E-state index contributed by atoms with van der Waals surface area (Å²) in [5, 5.41) is 5.08. The molecular weight excluding hydrogens is 250 g/mol. The van der Waals surface area contributed by atoms with E-state index in [-0.39, 0.29) is 0 Å². The largest absolute Gasteiger partial charge is 0.496 e. The standard InChI is InChI=1S/C13H16ClN3O/c1-7-5-9(14)6-10(12(7)18-4)11-8(2)13(15)17(3)16-11/h5-6H,15H2,1-4H3. The van der Waals surface area contributed by atoms with Gasteiger partial charge in [0, 0.05) is 23.2 Å². The summed E-state index contributed by atoms with van der Waals surface area (Å²) in [6.45, 7) is 3.89. The van der Waals surface area contributed by atoms with Crippen molar-refractivity contribution >= 4 is 17.4 Å². The molecule has 1 heterocycles. The molecule has 2 N–H and O–H groups in total. The van der Waals surface area contributed by atoms with Gasteiger partial charge in [-0.1, -0.05) is 11.6 Å². The van der Waals surface area contributed by atoms with E-state index in [0.717, 1.165) is 28.1 Å². The molecule has 0 aliphatic rings. The Bertz CT molecular complexity index is 605. The number of rotatable bonds is 2. The first-order valence-electron chi connectivity index (χ1n) is 5.59. The molecule has 1 aromatic carbocycles. The van der Waals surface area contributed by atoms with Gasteiger partial charge >= 0.3 is 0 Å². The van der Waals surface area contributed by atoms with Gasteiger partial charge in [-0.15, -0.1) is 0 Å². The zero-order valence-corrected chi connectivity index (χ0v) is 11.7. The van der Waals surface area contributed by atoms with Gasteiger partial charge in [-0.2, -0.15) is 5.10 Å². The van der Waals surface area contributed by atoms with Gasteiger partial charge in [0.25, 0.3) is 0 Å². The number of anilines is 1. The minimum Gasteiger partial charge on any atom is -0.496 e. The monoisotopic (exact) mass is 265 g/mol. The number of nitrogens with two attached hydrogens (primary N) is 1. The SMILES string of the molecule is COc1c(C)cc(Cl)cc1-c1nn(C)c(N)c1C. The van der Waals surface area contributed by atoms with Gasteiger partial charge in [-0.3, -0.25) is 4.68 Å². The van der Waals surface area contributed by atoms with Gasteiger partial charge in [-0.25, -0.2) is 0 Å². The zero-order valence-electron chi connectivity index (χ0n) is 10.9. The summed E-state index contributed by atoms with van der Waals surface area (Å²) in [6.07, 6.45) is 0. The Kier molecular flexibility index (Phi) is 3.22. The predicted molar refractivity (Wildman–Crippen MR) is 74.1 cm³/mol. The molecule has 4 nitrogen and oxygen atoms in total. The fraction of sp³-hybridized carbons (Fsp3) is 0.308. The lowest BCUT2D eigenvalue weighted by molar-refractivity contribution is 0.413. The second-order valence-corrected chi connectivity index (χ2v) is 4.72. The fourth-order valence-corrected chi connectivity index (χ4v) is 2.35. The summed E-state index contributed by atoms with van der Waals surface area (Å²) in [5.74, 6) is 1.42. The fourth-order valence-electron chi connectivity index (χ4n) is 2.08. The van der Waals surface area contributed by atoms with Crippen molar-refractivity contribution in [2.45, 2.75) is 13.8 Å². The summed E-state index contributed by atoms with van der Waals surface area (Å²) in [4.78, 5) is 0. The highest BCUT2D eigenvalue weighted by Gasteiger charge is 2.17. The number of ether oxygens (including phenoxy) is 1. The van der Waals surface area contributed by atoms with Crippen LogP contribution in [0.4, 0.5) is 5.82 Å². The quantitative estimate of drug-likeness (QED) is 0.908. The van der Waals surface area contributed by atoms with E-state index in [1.807, 2.05) is 33.0 Å². The number of benzene rings is 1. The molecular formula is C13H16ClN3O. The molecule has 1 aromatic heterocycles. The minimum atomic E-state index is 0.643. The number of nitrogens with zero attached hydrogens (tertiary/aromatic N) is 2. The van der Waals surface area contributed by atoms with E-state index in [0.29, 0.717) is 10.8 Å². The molecule has 0 radical (unpaired) electrons. The van der Waals surface area contributed by atoms with Crippen molar-refractivity contribution in [3.05, 3.63) is 28.3 Å². The summed E-state index contributed by atoms with van der Waals surface area (Å²) in [5.41, 5.74) is 9.51. The zero-order chi connectivity index (χ0) is 13.4. The van der Waals surface area contributed by atoms with Crippen molar-refractivity contribution in [2.24, 2.45) is 7.05 Å². The average Bonchev–Trinajstić information content (AvgIpc) is 2.56. The van der Waals surface area contributed by atoms with E-state index in [9.17, 15) is 0 Å². The summed E-state index contributed by atoms with van der Waals surface area (Å²) >= 11 is 6.11. The van der Waals surface area contributed by atoms with Crippen LogP contribution in [-0.2, 0) is 7.05 Å². The van der Waals surface area contributed by atoms with Gasteiger partial charge in [0.05, 0.1) is 7.11 Å². The summed E-state index contributed by atoms with van der Waals surface area (Å²) in [7, 11) is 3.46. The topological polar surface area (TPSA) is 53.1 Å². The van der Waals surface area contributed by atoms with E-state index in [2.05, 4.69) is 5.10 Å². The van der Waals surface area contributed by atoms with E-state index >= 15 is 0 Å². The Labute approximate surface area is 111 Å². The van der Waals surface area contributed by atoms with Crippen molar-refractivity contribution in [3.63, 3.8) is 0 Å². The first kappa shape index (κ1) is 12.8. The Balaban J connectivity index is 2.73. The maximum absolute atomic E-state index is 6.11. The third-order valence-corrected chi connectivity index (χ3v) is 3.25. The van der Waals surface area contributed by atoms with E-state index in [1.165, 1.54) is 0 Å². The number of methoxy groups -OCH3 is 1. The Morgan fingerprint density at radius 1 is 1.33 bits per heavy atom. The molecule has 18 heavy (non-hydrogen) atoms. The smallest absolute Gasteiger partial charge is 0.131 e. The van der Waals surface area contributed by atoms with Gasteiger partial charge < -0.3 is 10.5 Å². The van der Waals surface area contributed by atoms with Crippen LogP contribution in [0.1, 0.15) is 11.1 Å². The van der Waals surface area contributed by atoms with Gasteiger partial charge in [-0.05, 0) is 31.5 Å². The highest BCUT2D eigenvalue weighted by Crippen LogP contribution is 2.37. The van der Waals surface area contributed by atoms with Crippen molar-refractivity contribution in [2.75, 3.05) is 12.8 Å². The Hall–Kier alpha value is -1.68. The van der Waals surface area contributed by atoms with Crippen LogP contribution in [0.15, 0.2) is 12.1 Å². The molecule has 0 atom stereocenters. The van der Waals surface area contributed by atoms with E-state index in [4.69, 9.17) is 22.1 Å². The molecule has 2 aromatic rings. The van der Waals surface area contributed by atoms with Crippen LogP contribution < -0.4 is 10.5 Å².